The van der Waals surface area contributed by atoms with Gasteiger partial charge in [0.25, 0.3) is 5.91 Å². The first-order valence-electron chi connectivity index (χ1n) is 11.5. The highest BCUT2D eigenvalue weighted by Gasteiger charge is 2.26. The van der Waals surface area contributed by atoms with Crippen molar-refractivity contribution in [2.24, 2.45) is 5.92 Å². The van der Waals surface area contributed by atoms with Crippen molar-refractivity contribution < 1.29 is 14.0 Å². The predicted molar refractivity (Wildman–Crippen MR) is 119 cm³/mol. The molecule has 0 bridgehead atoms. The fourth-order valence-electron chi connectivity index (χ4n) is 4.54. The molecule has 2 fully saturated rings. The smallest absolute Gasteiger partial charge is 0.273 e. The number of hydrogen-bond acceptors (Lipinski definition) is 5. The predicted octanol–water partition coefficient (Wildman–Crippen LogP) is 3.53. The fourth-order valence-corrected chi connectivity index (χ4v) is 4.54. The number of nitrogens with one attached hydrogen (secondary N) is 2. The van der Waals surface area contributed by atoms with Crippen molar-refractivity contribution in [3.05, 3.63) is 53.7 Å². The summed E-state index contributed by atoms with van der Waals surface area (Å²) < 4.78 is 13.9. The second kappa shape index (κ2) is 10.6. The van der Waals surface area contributed by atoms with E-state index in [0.717, 1.165) is 51.6 Å². The maximum Gasteiger partial charge on any atom is 0.273 e. The van der Waals surface area contributed by atoms with Crippen LogP contribution in [0.3, 0.4) is 0 Å². The van der Waals surface area contributed by atoms with Crippen LogP contribution in [0.2, 0.25) is 0 Å². The summed E-state index contributed by atoms with van der Waals surface area (Å²) >= 11 is 0. The van der Waals surface area contributed by atoms with Gasteiger partial charge >= 0.3 is 0 Å². The summed E-state index contributed by atoms with van der Waals surface area (Å²) in [5, 5.41) is 5.85. The van der Waals surface area contributed by atoms with Crippen molar-refractivity contribution in [1.82, 2.24) is 20.2 Å². The first-order chi connectivity index (χ1) is 15.6. The van der Waals surface area contributed by atoms with E-state index in [-0.39, 0.29) is 41.1 Å². The molecule has 1 saturated carbocycles. The highest BCUT2D eigenvalue weighted by Crippen LogP contribution is 2.25. The van der Waals surface area contributed by atoms with Crippen molar-refractivity contribution in [3.63, 3.8) is 0 Å². The van der Waals surface area contributed by atoms with Crippen molar-refractivity contribution in [2.45, 2.75) is 57.5 Å². The lowest BCUT2D eigenvalue weighted by Gasteiger charge is -2.32. The summed E-state index contributed by atoms with van der Waals surface area (Å²) in [4.78, 5) is 36.1. The van der Waals surface area contributed by atoms with E-state index in [1.807, 2.05) is 6.07 Å². The summed E-state index contributed by atoms with van der Waals surface area (Å²) in [5.41, 5.74) is 0.832. The fraction of sp³-hybridized carbons (Fsp3) is 0.500. The van der Waals surface area contributed by atoms with Crippen LogP contribution >= 0.6 is 0 Å². The summed E-state index contributed by atoms with van der Waals surface area (Å²) in [6.45, 7) is 2.10. The SMILES string of the molecule is O=C(NC1CCN(Cc2ccccc2F)CC1)c1nccnc1NC(=O)C1CCCCC1. The van der Waals surface area contributed by atoms with Crippen LogP contribution < -0.4 is 10.6 Å². The molecule has 2 aliphatic rings. The number of halogens is 1. The van der Waals surface area contributed by atoms with Gasteiger partial charge in [0, 0.05) is 49.6 Å². The lowest BCUT2D eigenvalue weighted by molar-refractivity contribution is -0.120. The van der Waals surface area contributed by atoms with Crippen molar-refractivity contribution >= 4 is 17.6 Å². The minimum Gasteiger partial charge on any atom is -0.348 e. The number of likely N-dealkylation sites (tertiary alicyclic amines) is 1. The normalized spacial score (nSPS) is 18.3. The van der Waals surface area contributed by atoms with Crippen molar-refractivity contribution in [1.29, 1.82) is 0 Å². The van der Waals surface area contributed by atoms with E-state index in [1.165, 1.54) is 24.9 Å². The van der Waals surface area contributed by atoms with Gasteiger partial charge in [-0.05, 0) is 31.7 Å². The molecule has 32 heavy (non-hydrogen) atoms. The zero-order chi connectivity index (χ0) is 22.3. The average Bonchev–Trinajstić information content (AvgIpc) is 2.82. The summed E-state index contributed by atoms with van der Waals surface area (Å²) in [6, 6.07) is 6.83. The Morgan fingerprint density at radius 1 is 1.00 bits per heavy atom. The molecule has 2 N–H and O–H groups in total. The van der Waals surface area contributed by atoms with Gasteiger partial charge in [0.1, 0.15) is 5.82 Å². The van der Waals surface area contributed by atoms with Crippen LogP contribution in [0.1, 0.15) is 61.0 Å². The molecular formula is C24H30FN5O2. The molecular weight excluding hydrogens is 409 g/mol. The first kappa shape index (κ1) is 22.3. The molecule has 2 aromatic rings. The molecule has 2 heterocycles. The topological polar surface area (TPSA) is 87.2 Å². The van der Waals surface area contributed by atoms with Gasteiger partial charge < -0.3 is 10.6 Å². The molecule has 1 aromatic heterocycles. The molecule has 170 valence electrons. The molecule has 0 spiro atoms. The zero-order valence-corrected chi connectivity index (χ0v) is 18.2. The maximum absolute atomic E-state index is 13.9. The lowest BCUT2D eigenvalue weighted by atomic mass is 9.89. The standard InChI is InChI=1S/C24H30FN5O2/c25-20-9-5-4-8-18(20)16-30-14-10-19(11-15-30)28-24(32)21-22(27-13-12-26-21)29-23(31)17-6-2-1-3-7-17/h4-5,8-9,12-13,17,19H,1-3,6-7,10-11,14-16H2,(H,28,32)(H,27,29,31). The molecule has 0 unspecified atom stereocenters. The Morgan fingerprint density at radius 3 is 2.47 bits per heavy atom. The van der Waals surface area contributed by atoms with E-state index < -0.39 is 0 Å². The average molecular weight is 440 g/mol. The van der Waals surface area contributed by atoms with Crippen LogP contribution in [0.4, 0.5) is 10.2 Å². The maximum atomic E-state index is 13.9. The number of aromatic nitrogens is 2. The lowest BCUT2D eigenvalue weighted by Crippen LogP contribution is -2.44. The summed E-state index contributed by atoms with van der Waals surface area (Å²) in [7, 11) is 0. The third-order valence-electron chi connectivity index (χ3n) is 6.41. The van der Waals surface area contributed by atoms with Gasteiger partial charge in [0.05, 0.1) is 0 Å². The van der Waals surface area contributed by atoms with E-state index >= 15 is 0 Å². The van der Waals surface area contributed by atoms with E-state index in [1.54, 1.807) is 12.1 Å². The van der Waals surface area contributed by atoms with Crippen LogP contribution in [0, 0.1) is 11.7 Å². The number of carbonyl (C=O) groups is 2. The summed E-state index contributed by atoms with van der Waals surface area (Å²) in [5.74, 6) is -0.406. The molecule has 7 nitrogen and oxygen atoms in total. The van der Waals surface area contributed by atoms with Gasteiger partial charge in [-0.2, -0.15) is 0 Å². The van der Waals surface area contributed by atoms with Crippen LogP contribution in [0.5, 0.6) is 0 Å². The molecule has 1 aliphatic carbocycles. The monoisotopic (exact) mass is 439 g/mol. The van der Waals surface area contributed by atoms with Crippen LogP contribution in [-0.2, 0) is 11.3 Å². The number of hydrogen-bond donors (Lipinski definition) is 2. The Kier molecular flexibility index (Phi) is 7.42. The van der Waals surface area contributed by atoms with E-state index in [9.17, 15) is 14.0 Å². The zero-order valence-electron chi connectivity index (χ0n) is 18.2. The molecule has 1 aliphatic heterocycles. The van der Waals surface area contributed by atoms with Gasteiger partial charge in [0.2, 0.25) is 5.91 Å². The number of rotatable bonds is 6. The minimum absolute atomic E-state index is 0.00303. The highest BCUT2D eigenvalue weighted by molar-refractivity contribution is 6.01. The molecule has 0 atom stereocenters. The number of benzene rings is 1. The Morgan fingerprint density at radius 2 is 1.72 bits per heavy atom. The number of anilines is 1. The molecule has 4 rings (SSSR count). The van der Waals surface area contributed by atoms with Crippen molar-refractivity contribution in [3.8, 4) is 0 Å². The second-order valence-electron chi connectivity index (χ2n) is 8.69. The van der Waals surface area contributed by atoms with Gasteiger partial charge in [-0.15, -0.1) is 0 Å². The van der Waals surface area contributed by atoms with Crippen LogP contribution in [0.15, 0.2) is 36.7 Å². The minimum atomic E-state index is -0.329. The number of piperidine rings is 1. The Balaban J connectivity index is 1.31. The second-order valence-corrected chi connectivity index (χ2v) is 8.69. The highest BCUT2D eigenvalue weighted by atomic mass is 19.1. The van der Waals surface area contributed by atoms with Gasteiger partial charge in [-0.25, -0.2) is 14.4 Å². The van der Waals surface area contributed by atoms with Crippen molar-refractivity contribution in [2.75, 3.05) is 18.4 Å². The van der Waals surface area contributed by atoms with E-state index in [0.29, 0.717) is 12.1 Å². The number of nitrogens with zero attached hydrogens (tertiary/aromatic N) is 3. The van der Waals surface area contributed by atoms with Crippen LogP contribution in [-0.4, -0.2) is 45.8 Å². The number of carbonyl (C=O) groups excluding carboxylic acids is 2. The molecule has 1 aromatic carbocycles. The third-order valence-corrected chi connectivity index (χ3v) is 6.41. The van der Waals surface area contributed by atoms with E-state index in [4.69, 9.17) is 0 Å². The van der Waals surface area contributed by atoms with Gasteiger partial charge in [-0.3, -0.25) is 14.5 Å². The van der Waals surface area contributed by atoms with Crippen LogP contribution in [0.25, 0.3) is 0 Å². The Hall–Kier alpha value is -2.87. The summed E-state index contributed by atoms with van der Waals surface area (Å²) in [6.07, 6.45) is 9.51. The first-order valence-corrected chi connectivity index (χ1v) is 11.5. The molecule has 0 radical (unpaired) electrons. The molecule has 8 heteroatoms. The van der Waals surface area contributed by atoms with E-state index in [2.05, 4.69) is 25.5 Å². The Labute approximate surface area is 187 Å². The number of amides is 2. The quantitative estimate of drug-likeness (QED) is 0.719. The van der Waals surface area contributed by atoms with Gasteiger partial charge in [-0.1, -0.05) is 37.5 Å². The Bertz CT molecular complexity index is 939. The van der Waals surface area contributed by atoms with Gasteiger partial charge in [0.15, 0.2) is 11.5 Å². The largest absolute Gasteiger partial charge is 0.348 e. The molecule has 1 saturated heterocycles. The molecule has 2 amide bonds. The third kappa shape index (κ3) is 5.68.